The molecule has 2 aromatic rings. The molecule has 7 nitrogen and oxygen atoms in total. The van der Waals surface area contributed by atoms with E-state index in [1.165, 1.54) is 22.3 Å². The van der Waals surface area contributed by atoms with Gasteiger partial charge in [-0.15, -0.1) is 0 Å². The van der Waals surface area contributed by atoms with E-state index in [0.29, 0.717) is 57.8 Å². The van der Waals surface area contributed by atoms with E-state index in [4.69, 9.17) is 9.84 Å². The lowest BCUT2D eigenvalue weighted by Gasteiger charge is -2.32. The SMILES string of the molecule is O=C(O)CCC1CCN(C(=O)CCCCNC(=O)OCC2c3ccccc3-c3ccccc32)CC1. The Bertz CT molecular complexity index is 1000. The third-order valence-electron chi connectivity index (χ3n) is 7.16. The van der Waals surface area contributed by atoms with Gasteiger partial charge >= 0.3 is 12.1 Å². The molecule has 2 N–H and O–H groups in total. The number of unbranched alkanes of at least 4 members (excludes halogenated alkanes) is 1. The molecule has 186 valence electrons. The number of rotatable bonds is 10. The number of nitrogens with zero attached hydrogens (tertiary/aromatic N) is 1. The van der Waals surface area contributed by atoms with Crippen LogP contribution in [0.1, 0.15) is 62.0 Å². The standard InChI is InChI=1S/C28H34N2O5/c31-26(30-17-14-20(15-18-30)12-13-27(32)33)11-5-6-16-29-28(34)35-19-25-23-9-3-1-7-21(23)22-8-2-4-10-24(22)25/h1-4,7-10,20,25H,5-6,11-19H2,(H,29,34)(H,32,33). The summed E-state index contributed by atoms with van der Waals surface area (Å²) in [5, 5.41) is 11.6. The number of likely N-dealkylation sites (tertiary alicyclic amines) is 1. The Balaban J connectivity index is 1.11. The second-order valence-corrected chi connectivity index (χ2v) is 9.47. The van der Waals surface area contributed by atoms with E-state index < -0.39 is 12.1 Å². The molecule has 0 bridgehead atoms. The Morgan fingerprint density at radius 2 is 1.54 bits per heavy atom. The summed E-state index contributed by atoms with van der Waals surface area (Å²) in [6, 6.07) is 16.5. The number of piperidine rings is 1. The predicted octanol–water partition coefficient (Wildman–Crippen LogP) is 4.80. The smallest absolute Gasteiger partial charge is 0.407 e. The van der Waals surface area contributed by atoms with Gasteiger partial charge in [-0.1, -0.05) is 48.5 Å². The number of hydrogen-bond acceptors (Lipinski definition) is 4. The lowest BCUT2D eigenvalue weighted by molar-refractivity contribution is -0.138. The number of carboxylic acids is 1. The third kappa shape index (κ3) is 6.41. The molecule has 1 fully saturated rings. The van der Waals surface area contributed by atoms with Gasteiger partial charge in [0, 0.05) is 38.4 Å². The largest absolute Gasteiger partial charge is 0.481 e. The van der Waals surface area contributed by atoms with Crippen molar-refractivity contribution in [3.63, 3.8) is 0 Å². The fraction of sp³-hybridized carbons (Fsp3) is 0.464. The van der Waals surface area contributed by atoms with Crippen LogP contribution in [0.3, 0.4) is 0 Å². The molecule has 1 aliphatic heterocycles. The van der Waals surface area contributed by atoms with E-state index >= 15 is 0 Å². The van der Waals surface area contributed by atoms with E-state index in [2.05, 4.69) is 29.6 Å². The second kappa shape index (κ2) is 11.9. The third-order valence-corrected chi connectivity index (χ3v) is 7.16. The van der Waals surface area contributed by atoms with Gasteiger partial charge in [0.2, 0.25) is 5.91 Å². The first kappa shape index (κ1) is 24.8. The molecule has 0 unspecified atom stereocenters. The summed E-state index contributed by atoms with van der Waals surface area (Å²) >= 11 is 0. The summed E-state index contributed by atoms with van der Waals surface area (Å²) in [6.45, 7) is 2.18. The van der Waals surface area contributed by atoms with Gasteiger partial charge < -0.3 is 20.1 Å². The highest BCUT2D eigenvalue weighted by Crippen LogP contribution is 2.44. The highest BCUT2D eigenvalue weighted by molar-refractivity contribution is 5.79. The summed E-state index contributed by atoms with van der Waals surface area (Å²) in [5.41, 5.74) is 4.77. The molecular weight excluding hydrogens is 444 g/mol. The molecule has 0 radical (unpaired) electrons. The average molecular weight is 479 g/mol. The van der Waals surface area contributed by atoms with Crippen LogP contribution in [0.5, 0.6) is 0 Å². The fourth-order valence-electron chi connectivity index (χ4n) is 5.20. The molecule has 0 aromatic heterocycles. The fourth-order valence-corrected chi connectivity index (χ4v) is 5.20. The van der Waals surface area contributed by atoms with Gasteiger partial charge in [-0.25, -0.2) is 4.79 Å². The first-order valence-corrected chi connectivity index (χ1v) is 12.6. The van der Waals surface area contributed by atoms with Crippen LogP contribution < -0.4 is 5.32 Å². The minimum absolute atomic E-state index is 0.0408. The van der Waals surface area contributed by atoms with Gasteiger partial charge in [0.05, 0.1) is 0 Å². The van der Waals surface area contributed by atoms with Crippen LogP contribution in [-0.2, 0) is 14.3 Å². The lowest BCUT2D eigenvalue weighted by atomic mass is 9.92. The van der Waals surface area contributed by atoms with Crippen LogP contribution in [0, 0.1) is 5.92 Å². The molecule has 2 aromatic carbocycles. The van der Waals surface area contributed by atoms with Crippen molar-refractivity contribution in [3.8, 4) is 11.1 Å². The Hall–Kier alpha value is -3.35. The molecule has 35 heavy (non-hydrogen) atoms. The van der Waals surface area contributed by atoms with Crippen molar-refractivity contribution >= 4 is 18.0 Å². The maximum atomic E-state index is 12.4. The number of hydrogen-bond donors (Lipinski definition) is 2. The highest BCUT2D eigenvalue weighted by atomic mass is 16.5. The number of amides is 2. The van der Waals surface area contributed by atoms with Crippen molar-refractivity contribution in [2.45, 2.75) is 50.9 Å². The number of alkyl carbamates (subject to hydrolysis) is 1. The first-order valence-electron chi connectivity index (χ1n) is 12.6. The van der Waals surface area contributed by atoms with Crippen LogP contribution in [0.2, 0.25) is 0 Å². The summed E-state index contributed by atoms with van der Waals surface area (Å²) in [7, 11) is 0. The van der Waals surface area contributed by atoms with Crippen LogP contribution in [0.15, 0.2) is 48.5 Å². The molecule has 2 amide bonds. The second-order valence-electron chi connectivity index (χ2n) is 9.47. The molecular formula is C28H34N2O5. The van der Waals surface area contributed by atoms with Gasteiger partial charge in [0.15, 0.2) is 0 Å². The van der Waals surface area contributed by atoms with E-state index in [-0.39, 0.29) is 18.2 Å². The zero-order valence-electron chi connectivity index (χ0n) is 20.1. The lowest BCUT2D eigenvalue weighted by Crippen LogP contribution is -2.38. The molecule has 7 heteroatoms. The summed E-state index contributed by atoms with van der Waals surface area (Å²) in [5.74, 6) is -0.173. The minimum atomic E-state index is -0.754. The summed E-state index contributed by atoms with van der Waals surface area (Å²) in [4.78, 5) is 37.3. The molecule has 0 saturated carbocycles. The Morgan fingerprint density at radius 3 is 2.17 bits per heavy atom. The van der Waals surface area contributed by atoms with Gasteiger partial charge in [-0.05, 0) is 60.3 Å². The van der Waals surface area contributed by atoms with E-state index in [9.17, 15) is 14.4 Å². The Labute approximate surface area is 206 Å². The van der Waals surface area contributed by atoms with Gasteiger partial charge in [0.1, 0.15) is 6.61 Å². The van der Waals surface area contributed by atoms with Gasteiger partial charge in [-0.2, -0.15) is 0 Å². The minimum Gasteiger partial charge on any atom is -0.481 e. The molecule has 4 rings (SSSR count). The van der Waals surface area contributed by atoms with Crippen LogP contribution >= 0.6 is 0 Å². The van der Waals surface area contributed by atoms with E-state index in [1.807, 2.05) is 29.2 Å². The molecule has 2 aliphatic rings. The van der Waals surface area contributed by atoms with Crippen molar-refractivity contribution in [3.05, 3.63) is 59.7 Å². The van der Waals surface area contributed by atoms with Crippen molar-refractivity contribution in [2.75, 3.05) is 26.2 Å². The number of carboxylic acid groups (broad SMARTS) is 1. The number of aliphatic carboxylic acids is 1. The van der Waals surface area contributed by atoms with Crippen LogP contribution in [-0.4, -0.2) is 54.2 Å². The van der Waals surface area contributed by atoms with Crippen molar-refractivity contribution in [2.24, 2.45) is 5.92 Å². The zero-order valence-corrected chi connectivity index (χ0v) is 20.1. The number of ether oxygens (including phenoxy) is 1. The molecule has 0 spiro atoms. The first-order chi connectivity index (χ1) is 17.0. The Morgan fingerprint density at radius 1 is 0.914 bits per heavy atom. The number of carbonyl (C=O) groups is 3. The zero-order chi connectivity index (χ0) is 24.6. The number of nitrogens with one attached hydrogen (secondary N) is 1. The maximum Gasteiger partial charge on any atom is 0.407 e. The molecule has 0 atom stereocenters. The number of fused-ring (bicyclic) bond motifs is 3. The number of carbonyl (C=O) groups excluding carboxylic acids is 2. The highest BCUT2D eigenvalue weighted by Gasteiger charge is 2.29. The normalized spacial score (nSPS) is 15.4. The summed E-state index contributed by atoms with van der Waals surface area (Å²) < 4.78 is 5.55. The quantitative estimate of drug-likeness (QED) is 0.478. The summed E-state index contributed by atoms with van der Waals surface area (Å²) in [6.07, 6.45) is 4.11. The van der Waals surface area contributed by atoms with E-state index in [1.54, 1.807) is 0 Å². The predicted molar refractivity (Wildman–Crippen MR) is 133 cm³/mol. The Kier molecular flexibility index (Phi) is 8.40. The maximum absolute atomic E-state index is 12.4. The van der Waals surface area contributed by atoms with Crippen molar-refractivity contribution in [1.29, 1.82) is 0 Å². The molecule has 1 saturated heterocycles. The van der Waals surface area contributed by atoms with Gasteiger partial charge in [0.25, 0.3) is 0 Å². The topological polar surface area (TPSA) is 95.9 Å². The van der Waals surface area contributed by atoms with Crippen molar-refractivity contribution in [1.82, 2.24) is 10.2 Å². The molecule has 1 heterocycles. The van der Waals surface area contributed by atoms with Crippen LogP contribution in [0.4, 0.5) is 4.79 Å². The molecule has 1 aliphatic carbocycles. The van der Waals surface area contributed by atoms with Crippen LogP contribution in [0.25, 0.3) is 11.1 Å². The average Bonchev–Trinajstić information content (AvgIpc) is 3.20. The van der Waals surface area contributed by atoms with Crippen molar-refractivity contribution < 1.29 is 24.2 Å². The monoisotopic (exact) mass is 478 g/mol. The van der Waals surface area contributed by atoms with Gasteiger partial charge in [-0.3, -0.25) is 9.59 Å². The van der Waals surface area contributed by atoms with E-state index in [0.717, 1.165) is 12.8 Å². The number of benzene rings is 2.